The summed E-state index contributed by atoms with van der Waals surface area (Å²) in [6.07, 6.45) is 2.91. The van der Waals surface area contributed by atoms with E-state index in [-0.39, 0.29) is 11.8 Å². The fourth-order valence-electron chi connectivity index (χ4n) is 2.51. The van der Waals surface area contributed by atoms with Crippen LogP contribution in [0, 0.1) is 5.92 Å². The van der Waals surface area contributed by atoms with E-state index in [1.807, 2.05) is 36.2 Å². The highest BCUT2D eigenvalue weighted by Gasteiger charge is 2.23. The predicted octanol–water partition coefficient (Wildman–Crippen LogP) is 2.57. The van der Waals surface area contributed by atoms with Crippen LogP contribution in [0.25, 0.3) is 0 Å². The molecule has 0 saturated carbocycles. The van der Waals surface area contributed by atoms with Gasteiger partial charge in [0, 0.05) is 25.2 Å². The van der Waals surface area contributed by atoms with Crippen molar-refractivity contribution in [2.24, 2.45) is 5.92 Å². The SMILES string of the molecule is CN(CCCOc1ccc(Cl)cc1)C(=O)C1CCCNC1. The zero-order valence-electron chi connectivity index (χ0n) is 12.5. The molecule has 2 rings (SSSR count). The second kappa shape index (κ2) is 8.25. The number of carbonyl (C=O) groups excluding carboxylic acids is 1. The molecule has 116 valence electrons. The van der Waals surface area contributed by atoms with Crippen molar-refractivity contribution in [2.45, 2.75) is 19.3 Å². The molecule has 0 spiro atoms. The Kier molecular flexibility index (Phi) is 6.33. The van der Waals surface area contributed by atoms with Gasteiger partial charge in [0.25, 0.3) is 0 Å². The summed E-state index contributed by atoms with van der Waals surface area (Å²) in [5, 5.41) is 3.98. The number of ether oxygens (including phenoxy) is 1. The highest BCUT2D eigenvalue weighted by molar-refractivity contribution is 6.30. The minimum absolute atomic E-state index is 0.140. The number of hydrogen-bond acceptors (Lipinski definition) is 3. The van der Waals surface area contributed by atoms with Crippen LogP contribution in [0.4, 0.5) is 0 Å². The zero-order chi connectivity index (χ0) is 15.1. The van der Waals surface area contributed by atoms with Crippen molar-refractivity contribution in [3.05, 3.63) is 29.3 Å². The van der Waals surface area contributed by atoms with Crippen LogP contribution in [0.1, 0.15) is 19.3 Å². The molecule has 1 N–H and O–H groups in total. The summed E-state index contributed by atoms with van der Waals surface area (Å²) in [7, 11) is 1.87. The lowest BCUT2D eigenvalue weighted by molar-refractivity contribution is -0.134. The Balaban J connectivity index is 1.65. The number of nitrogens with one attached hydrogen (secondary N) is 1. The molecule has 0 bridgehead atoms. The topological polar surface area (TPSA) is 41.6 Å². The summed E-state index contributed by atoms with van der Waals surface area (Å²) in [6, 6.07) is 7.32. The van der Waals surface area contributed by atoms with E-state index in [2.05, 4.69) is 5.32 Å². The molecule has 1 fully saturated rings. The van der Waals surface area contributed by atoms with Gasteiger partial charge in [-0.05, 0) is 50.1 Å². The minimum atomic E-state index is 0.140. The van der Waals surface area contributed by atoms with Gasteiger partial charge in [-0.1, -0.05) is 11.6 Å². The number of carbonyl (C=O) groups is 1. The molecule has 1 aromatic carbocycles. The lowest BCUT2D eigenvalue weighted by Crippen LogP contribution is -2.41. The van der Waals surface area contributed by atoms with E-state index in [0.717, 1.165) is 44.6 Å². The summed E-state index contributed by atoms with van der Waals surface area (Å²) >= 11 is 5.82. The van der Waals surface area contributed by atoms with E-state index >= 15 is 0 Å². The van der Waals surface area contributed by atoms with Gasteiger partial charge < -0.3 is 15.0 Å². The van der Waals surface area contributed by atoms with Crippen LogP contribution in [-0.4, -0.2) is 44.1 Å². The van der Waals surface area contributed by atoms with Crippen LogP contribution < -0.4 is 10.1 Å². The van der Waals surface area contributed by atoms with Crippen LogP contribution in [0.5, 0.6) is 5.75 Å². The maximum Gasteiger partial charge on any atom is 0.226 e. The fourth-order valence-corrected chi connectivity index (χ4v) is 2.63. The highest BCUT2D eigenvalue weighted by atomic mass is 35.5. The first-order chi connectivity index (χ1) is 10.2. The average molecular weight is 311 g/mol. The van der Waals surface area contributed by atoms with Gasteiger partial charge >= 0.3 is 0 Å². The number of benzene rings is 1. The molecule has 0 radical (unpaired) electrons. The van der Waals surface area contributed by atoms with E-state index in [1.165, 1.54) is 0 Å². The standard InChI is InChI=1S/C16H23ClN2O2/c1-19(16(20)13-4-2-9-18-12-13)10-3-11-21-15-7-5-14(17)6-8-15/h5-8,13,18H,2-4,9-12H2,1H3. The monoisotopic (exact) mass is 310 g/mol. The number of amides is 1. The highest BCUT2D eigenvalue weighted by Crippen LogP contribution is 2.16. The van der Waals surface area contributed by atoms with Gasteiger partial charge in [-0.25, -0.2) is 0 Å². The van der Waals surface area contributed by atoms with Gasteiger partial charge in [-0.15, -0.1) is 0 Å². The third-order valence-corrected chi connectivity index (χ3v) is 3.99. The molecule has 21 heavy (non-hydrogen) atoms. The molecule has 1 saturated heterocycles. The van der Waals surface area contributed by atoms with E-state index in [4.69, 9.17) is 16.3 Å². The van der Waals surface area contributed by atoms with Crippen molar-refractivity contribution < 1.29 is 9.53 Å². The van der Waals surface area contributed by atoms with E-state index in [9.17, 15) is 4.79 Å². The molecule has 1 unspecified atom stereocenters. The summed E-state index contributed by atoms with van der Waals surface area (Å²) < 4.78 is 5.63. The molecule has 1 aromatic rings. The number of halogens is 1. The first-order valence-electron chi connectivity index (χ1n) is 7.51. The second-order valence-corrected chi connectivity index (χ2v) is 5.90. The molecule has 5 heteroatoms. The number of rotatable bonds is 6. The van der Waals surface area contributed by atoms with Gasteiger partial charge in [0.05, 0.1) is 12.5 Å². The second-order valence-electron chi connectivity index (χ2n) is 5.46. The van der Waals surface area contributed by atoms with Crippen LogP contribution >= 0.6 is 11.6 Å². The predicted molar refractivity (Wildman–Crippen MR) is 84.8 cm³/mol. The Morgan fingerprint density at radius 2 is 2.19 bits per heavy atom. The zero-order valence-corrected chi connectivity index (χ0v) is 13.2. The van der Waals surface area contributed by atoms with Gasteiger partial charge in [0.1, 0.15) is 5.75 Å². The van der Waals surface area contributed by atoms with Gasteiger partial charge in [0.2, 0.25) is 5.91 Å². The van der Waals surface area contributed by atoms with Crippen molar-refractivity contribution in [1.29, 1.82) is 0 Å². The average Bonchev–Trinajstić information content (AvgIpc) is 2.53. The fraction of sp³-hybridized carbons (Fsp3) is 0.562. The maximum atomic E-state index is 12.2. The quantitative estimate of drug-likeness (QED) is 0.821. The Morgan fingerprint density at radius 1 is 1.43 bits per heavy atom. The first-order valence-corrected chi connectivity index (χ1v) is 7.88. The van der Waals surface area contributed by atoms with Crippen LogP contribution in [0.15, 0.2) is 24.3 Å². The normalized spacial score (nSPS) is 18.3. The van der Waals surface area contributed by atoms with Gasteiger partial charge in [-0.2, -0.15) is 0 Å². The summed E-state index contributed by atoms with van der Waals surface area (Å²) in [5.41, 5.74) is 0. The molecule has 1 amide bonds. The third kappa shape index (κ3) is 5.21. The van der Waals surface area contributed by atoms with Crippen molar-refractivity contribution in [2.75, 3.05) is 33.3 Å². The first kappa shape index (κ1) is 16.1. The van der Waals surface area contributed by atoms with Crippen molar-refractivity contribution in [1.82, 2.24) is 10.2 Å². The number of nitrogens with zero attached hydrogens (tertiary/aromatic N) is 1. The lowest BCUT2D eigenvalue weighted by Gasteiger charge is -2.27. The summed E-state index contributed by atoms with van der Waals surface area (Å²) in [4.78, 5) is 14.1. The van der Waals surface area contributed by atoms with Crippen LogP contribution in [0.2, 0.25) is 5.02 Å². The largest absolute Gasteiger partial charge is 0.494 e. The Labute approximate surface area is 131 Å². The van der Waals surface area contributed by atoms with Crippen molar-refractivity contribution in [3.63, 3.8) is 0 Å². The molecule has 0 aliphatic carbocycles. The summed E-state index contributed by atoms with van der Waals surface area (Å²) in [6.45, 7) is 3.16. The van der Waals surface area contributed by atoms with Gasteiger partial charge in [0.15, 0.2) is 0 Å². The minimum Gasteiger partial charge on any atom is -0.494 e. The van der Waals surface area contributed by atoms with Crippen LogP contribution in [-0.2, 0) is 4.79 Å². The molecular formula is C16H23ClN2O2. The molecule has 1 heterocycles. The van der Waals surface area contributed by atoms with E-state index in [1.54, 1.807) is 0 Å². The molecule has 1 atom stereocenters. The maximum absolute atomic E-state index is 12.2. The van der Waals surface area contributed by atoms with E-state index in [0.29, 0.717) is 11.6 Å². The molecule has 1 aliphatic rings. The van der Waals surface area contributed by atoms with Crippen molar-refractivity contribution >= 4 is 17.5 Å². The molecule has 4 nitrogen and oxygen atoms in total. The Bertz CT molecular complexity index is 444. The molecular weight excluding hydrogens is 288 g/mol. The lowest BCUT2D eigenvalue weighted by atomic mass is 9.98. The Morgan fingerprint density at radius 3 is 2.86 bits per heavy atom. The molecule has 0 aromatic heterocycles. The van der Waals surface area contributed by atoms with E-state index < -0.39 is 0 Å². The van der Waals surface area contributed by atoms with Crippen molar-refractivity contribution in [3.8, 4) is 5.75 Å². The third-order valence-electron chi connectivity index (χ3n) is 3.74. The van der Waals surface area contributed by atoms with Gasteiger partial charge in [-0.3, -0.25) is 4.79 Å². The van der Waals surface area contributed by atoms with Crippen LogP contribution in [0.3, 0.4) is 0 Å². The number of piperidine rings is 1. The summed E-state index contributed by atoms with van der Waals surface area (Å²) in [5.74, 6) is 1.19. The smallest absolute Gasteiger partial charge is 0.226 e. The molecule has 1 aliphatic heterocycles. The number of hydrogen-bond donors (Lipinski definition) is 1. The Hall–Kier alpha value is -1.26.